The van der Waals surface area contributed by atoms with Crippen molar-refractivity contribution in [3.05, 3.63) is 29.8 Å². The molecule has 3 aliphatic rings. The number of likely N-dealkylation sites (tertiary alicyclic amines) is 1. The van der Waals surface area contributed by atoms with Crippen molar-refractivity contribution < 1.29 is 9.59 Å². The molecule has 0 spiro atoms. The molecule has 0 N–H and O–H groups in total. The molecule has 4 nitrogen and oxygen atoms in total. The summed E-state index contributed by atoms with van der Waals surface area (Å²) in [6.07, 6.45) is 3.78. The molecule has 2 saturated heterocycles. The van der Waals surface area contributed by atoms with Crippen LogP contribution in [0.2, 0.25) is 0 Å². The van der Waals surface area contributed by atoms with Crippen LogP contribution < -0.4 is 4.90 Å². The smallest absolute Gasteiger partial charge is 0.251 e. The van der Waals surface area contributed by atoms with Crippen molar-refractivity contribution in [2.75, 3.05) is 11.4 Å². The fourth-order valence-electron chi connectivity index (χ4n) is 5.71. The average molecular weight is 340 g/mol. The zero-order valence-electron chi connectivity index (χ0n) is 15.7. The number of carbonyl (C=O) groups is 2. The third kappa shape index (κ3) is 2.80. The minimum Gasteiger partial charge on any atom is -0.288 e. The number of aryl methyl sites for hydroxylation is 1. The molecule has 1 saturated carbocycles. The fraction of sp³-hybridized carbons (Fsp3) is 0.619. The molecule has 2 heterocycles. The number of hydrogen-bond donors (Lipinski definition) is 0. The van der Waals surface area contributed by atoms with Gasteiger partial charge in [0.05, 0.1) is 18.2 Å². The summed E-state index contributed by atoms with van der Waals surface area (Å²) >= 11 is 0. The summed E-state index contributed by atoms with van der Waals surface area (Å²) in [6, 6.07) is 7.80. The minimum absolute atomic E-state index is 0.0391. The van der Waals surface area contributed by atoms with Crippen LogP contribution in [0.3, 0.4) is 0 Å². The van der Waals surface area contributed by atoms with E-state index in [1.165, 1.54) is 11.3 Å². The van der Waals surface area contributed by atoms with Crippen LogP contribution in [0.15, 0.2) is 24.3 Å². The number of nitrogens with zero attached hydrogens (tertiary/aromatic N) is 2. The maximum atomic E-state index is 13.1. The Kier molecular flexibility index (Phi) is 3.63. The van der Waals surface area contributed by atoms with E-state index >= 15 is 0 Å². The number of hydrogen-bond acceptors (Lipinski definition) is 3. The van der Waals surface area contributed by atoms with Crippen LogP contribution in [0.4, 0.5) is 5.69 Å². The van der Waals surface area contributed by atoms with Gasteiger partial charge in [-0.2, -0.15) is 0 Å². The van der Waals surface area contributed by atoms with Gasteiger partial charge >= 0.3 is 0 Å². The second kappa shape index (κ2) is 5.41. The lowest BCUT2D eigenvalue weighted by molar-refractivity contribution is -0.123. The van der Waals surface area contributed by atoms with Crippen LogP contribution in [0, 0.1) is 17.8 Å². The van der Waals surface area contributed by atoms with Gasteiger partial charge in [-0.3, -0.25) is 14.5 Å². The standard InChI is InChI=1S/C21H28N2O2/c1-14-5-7-15(8-6-14)23-18(24)9-17(19(23)25)22-13-21(4)11-16(22)10-20(2,3)12-21/h5-8,16-17H,9-13H2,1-4H3/t16-,17+,21+/m1/s1. The minimum atomic E-state index is -0.283. The van der Waals surface area contributed by atoms with Crippen molar-refractivity contribution >= 4 is 17.5 Å². The molecule has 2 aliphatic heterocycles. The van der Waals surface area contributed by atoms with Crippen LogP contribution in [0.1, 0.15) is 52.0 Å². The van der Waals surface area contributed by atoms with E-state index in [0.29, 0.717) is 23.6 Å². The molecule has 1 aliphatic carbocycles. The zero-order chi connectivity index (χ0) is 18.0. The SMILES string of the molecule is Cc1ccc(N2C(=O)C[C@H](N3C[C@@]4(C)C[C@H]3CC(C)(C)C4)C2=O)cc1. The van der Waals surface area contributed by atoms with Crippen molar-refractivity contribution in [3.8, 4) is 0 Å². The topological polar surface area (TPSA) is 40.6 Å². The third-order valence-corrected chi connectivity index (χ3v) is 6.27. The van der Waals surface area contributed by atoms with Crippen LogP contribution >= 0.6 is 0 Å². The predicted octanol–water partition coefficient (Wildman–Crippen LogP) is 3.53. The van der Waals surface area contributed by atoms with E-state index in [9.17, 15) is 9.59 Å². The summed E-state index contributed by atoms with van der Waals surface area (Å²) in [5.41, 5.74) is 2.42. The molecule has 3 fully saturated rings. The summed E-state index contributed by atoms with van der Waals surface area (Å²) in [5, 5.41) is 0. The van der Waals surface area contributed by atoms with E-state index < -0.39 is 0 Å². The Morgan fingerprint density at radius 2 is 1.72 bits per heavy atom. The monoisotopic (exact) mass is 340 g/mol. The molecule has 0 unspecified atom stereocenters. The molecule has 3 atom stereocenters. The second-order valence-electron chi connectivity index (χ2n) is 9.51. The molecule has 0 radical (unpaired) electrons. The Bertz CT molecular complexity index is 724. The second-order valence-corrected chi connectivity index (χ2v) is 9.51. The van der Waals surface area contributed by atoms with Gasteiger partial charge in [-0.15, -0.1) is 0 Å². The Hall–Kier alpha value is -1.68. The Labute approximate surface area is 150 Å². The number of benzene rings is 1. The maximum absolute atomic E-state index is 13.1. The van der Waals surface area contributed by atoms with Crippen molar-refractivity contribution in [3.63, 3.8) is 0 Å². The first-order chi connectivity index (χ1) is 11.7. The highest BCUT2D eigenvalue weighted by Crippen LogP contribution is 2.53. The summed E-state index contributed by atoms with van der Waals surface area (Å²) in [4.78, 5) is 29.5. The molecule has 2 amide bonds. The molecule has 25 heavy (non-hydrogen) atoms. The summed E-state index contributed by atoms with van der Waals surface area (Å²) in [5.74, 6) is -0.104. The highest BCUT2D eigenvalue weighted by Gasteiger charge is 2.54. The largest absolute Gasteiger partial charge is 0.288 e. The molecule has 4 heteroatoms. The van der Waals surface area contributed by atoms with Crippen molar-refractivity contribution in [1.29, 1.82) is 0 Å². The van der Waals surface area contributed by atoms with E-state index in [1.54, 1.807) is 0 Å². The van der Waals surface area contributed by atoms with Gasteiger partial charge < -0.3 is 0 Å². The van der Waals surface area contributed by atoms with Crippen molar-refractivity contribution in [2.24, 2.45) is 10.8 Å². The lowest BCUT2D eigenvalue weighted by Gasteiger charge is -2.40. The molecular weight excluding hydrogens is 312 g/mol. The van der Waals surface area contributed by atoms with Gasteiger partial charge in [0.2, 0.25) is 5.91 Å². The number of rotatable bonds is 2. The van der Waals surface area contributed by atoms with E-state index in [-0.39, 0.29) is 23.3 Å². The van der Waals surface area contributed by atoms with Crippen LogP contribution in [0.25, 0.3) is 0 Å². The number of fused-ring (bicyclic) bond motifs is 2. The first kappa shape index (κ1) is 16.8. The number of anilines is 1. The Morgan fingerprint density at radius 3 is 2.40 bits per heavy atom. The van der Waals surface area contributed by atoms with Gasteiger partial charge in [-0.25, -0.2) is 4.90 Å². The van der Waals surface area contributed by atoms with Gasteiger partial charge in [0.25, 0.3) is 5.91 Å². The van der Waals surface area contributed by atoms with Gasteiger partial charge in [0.15, 0.2) is 0 Å². The maximum Gasteiger partial charge on any atom is 0.251 e. The molecule has 1 aromatic rings. The molecule has 1 aromatic carbocycles. The fourth-order valence-corrected chi connectivity index (χ4v) is 5.71. The average Bonchev–Trinajstić information content (AvgIpc) is 2.92. The lowest BCUT2D eigenvalue weighted by Crippen LogP contribution is -2.45. The summed E-state index contributed by atoms with van der Waals surface area (Å²) in [6.45, 7) is 9.96. The number of imide groups is 1. The normalized spacial score (nSPS) is 34.8. The summed E-state index contributed by atoms with van der Waals surface area (Å²) < 4.78 is 0. The van der Waals surface area contributed by atoms with Crippen LogP contribution in [0.5, 0.6) is 0 Å². The van der Waals surface area contributed by atoms with E-state index in [4.69, 9.17) is 0 Å². The van der Waals surface area contributed by atoms with E-state index in [0.717, 1.165) is 24.9 Å². The first-order valence-electron chi connectivity index (χ1n) is 9.37. The lowest BCUT2D eigenvalue weighted by atomic mass is 9.65. The molecule has 2 bridgehead atoms. The molecule has 4 rings (SSSR count). The van der Waals surface area contributed by atoms with E-state index in [1.807, 2.05) is 31.2 Å². The third-order valence-electron chi connectivity index (χ3n) is 6.27. The van der Waals surface area contributed by atoms with Crippen molar-refractivity contribution in [2.45, 2.75) is 65.5 Å². The Morgan fingerprint density at radius 1 is 1.04 bits per heavy atom. The van der Waals surface area contributed by atoms with Gasteiger partial charge in [-0.05, 0) is 49.1 Å². The van der Waals surface area contributed by atoms with Crippen molar-refractivity contribution in [1.82, 2.24) is 4.90 Å². The Balaban J connectivity index is 1.59. The van der Waals surface area contributed by atoms with Gasteiger partial charge in [0.1, 0.15) is 0 Å². The molecular formula is C21H28N2O2. The van der Waals surface area contributed by atoms with Gasteiger partial charge in [-0.1, -0.05) is 38.5 Å². The molecule has 134 valence electrons. The highest BCUT2D eigenvalue weighted by atomic mass is 16.2. The molecule has 0 aromatic heterocycles. The summed E-state index contributed by atoms with van der Waals surface area (Å²) in [7, 11) is 0. The zero-order valence-corrected chi connectivity index (χ0v) is 15.7. The van der Waals surface area contributed by atoms with Crippen LogP contribution in [-0.4, -0.2) is 35.3 Å². The predicted molar refractivity (Wildman–Crippen MR) is 98.3 cm³/mol. The quantitative estimate of drug-likeness (QED) is 0.773. The van der Waals surface area contributed by atoms with Crippen LogP contribution in [-0.2, 0) is 9.59 Å². The highest BCUT2D eigenvalue weighted by molar-refractivity contribution is 6.22. The van der Waals surface area contributed by atoms with Gasteiger partial charge in [0, 0.05) is 12.6 Å². The first-order valence-corrected chi connectivity index (χ1v) is 9.37. The number of amides is 2. The van der Waals surface area contributed by atoms with E-state index in [2.05, 4.69) is 25.7 Å². The number of carbonyl (C=O) groups excluding carboxylic acids is 2.